The fourth-order valence-electron chi connectivity index (χ4n) is 2.09. The number of para-hydroxylation sites is 1. The average molecular weight is 297 g/mol. The second-order valence-corrected chi connectivity index (χ2v) is 4.87. The lowest BCUT2D eigenvalue weighted by Crippen LogP contribution is -2.06. The van der Waals surface area contributed by atoms with E-state index in [1.807, 2.05) is 36.4 Å². The van der Waals surface area contributed by atoms with Gasteiger partial charge in [0.1, 0.15) is 0 Å². The molecular formula is C16H15N3O3. The van der Waals surface area contributed by atoms with Crippen molar-refractivity contribution in [1.82, 2.24) is 15.2 Å². The quantitative estimate of drug-likeness (QED) is 0.674. The number of ether oxygens (including phenoxy) is 1. The van der Waals surface area contributed by atoms with Gasteiger partial charge in [-0.15, -0.1) is 10.2 Å². The fourth-order valence-corrected chi connectivity index (χ4v) is 2.09. The first-order valence-corrected chi connectivity index (χ1v) is 7.00. The van der Waals surface area contributed by atoms with Gasteiger partial charge in [0.25, 0.3) is 5.89 Å². The molecule has 1 aromatic carbocycles. The highest BCUT2D eigenvalue weighted by atomic mass is 16.5. The number of hydrogen-bond donors (Lipinski definition) is 0. The third kappa shape index (κ3) is 3.46. The summed E-state index contributed by atoms with van der Waals surface area (Å²) in [7, 11) is 0. The maximum Gasteiger partial charge on any atom is 0.306 e. The Hall–Kier alpha value is -2.76. The average Bonchev–Trinajstić information content (AvgIpc) is 2.96. The van der Waals surface area contributed by atoms with Crippen molar-refractivity contribution in [2.45, 2.75) is 26.4 Å². The van der Waals surface area contributed by atoms with Crippen molar-refractivity contribution >= 4 is 16.9 Å². The molecule has 6 nitrogen and oxygen atoms in total. The number of esters is 1. The van der Waals surface area contributed by atoms with Crippen LogP contribution in [0.3, 0.4) is 0 Å². The largest absolute Gasteiger partial charge is 0.456 e. The van der Waals surface area contributed by atoms with E-state index in [1.54, 1.807) is 6.92 Å². The third-order valence-corrected chi connectivity index (χ3v) is 3.17. The smallest absolute Gasteiger partial charge is 0.306 e. The van der Waals surface area contributed by atoms with Crippen molar-refractivity contribution in [2.75, 3.05) is 0 Å². The van der Waals surface area contributed by atoms with Crippen LogP contribution in [0.15, 0.2) is 40.8 Å². The Morgan fingerprint density at radius 2 is 2.05 bits per heavy atom. The van der Waals surface area contributed by atoms with Crippen LogP contribution in [-0.4, -0.2) is 21.2 Å². The number of hydrogen-bond acceptors (Lipinski definition) is 6. The number of nitrogens with zero attached hydrogens (tertiary/aromatic N) is 3. The second-order valence-electron chi connectivity index (χ2n) is 4.87. The van der Waals surface area contributed by atoms with Crippen molar-refractivity contribution < 1.29 is 13.9 Å². The highest BCUT2D eigenvalue weighted by molar-refractivity contribution is 5.78. The van der Waals surface area contributed by atoms with Gasteiger partial charge in [0, 0.05) is 24.4 Å². The predicted molar refractivity (Wildman–Crippen MR) is 78.9 cm³/mol. The topological polar surface area (TPSA) is 78.1 Å². The van der Waals surface area contributed by atoms with Crippen LogP contribution in [-0.2, 0) is 22.6 Å². The minimum Gasteiger partial charge on any atom is -0.456 e. The SMILES string of the molecule is Cc1nnc(COC(=O)CCc2ccc3ccccc3n2)o1. The van der Waals surface area contributed by atoms with Crippen LogP contribution in [0.4, 0.5) is 0 Å². The number of rotatable bonds is 5. The van der Waals surface area contributed by atoms with E-state index in [1.165, 1.54) is 0 Å². The van der Waals surface area contributed by atoms with Crippen LogP contribution in [0, 0.1) is 6.92 Å². The maximum absolute atomic E-state index is 11.7. The number of aryl methyl sites for hydroxylation is 2. The van der Waals surface area contributed by atoms with Crippen LogP contribution < -0.4 is 0 Å². The molecule has 0 spiro atoms. The molecule has 0 unspecified atom stereocenters. The number of pyridine rings is 1. The van der Waals surface area contributed by atoms with Crippen LogP contribution in [0.25, 0.3) is 10.9 Å². The summed E-state index contributed by atoms with van der Waals surface area (Å²) in [5.41, 5.74) is 1.79. The lowest BCUT2D eigenvalue weighted by Gasteiger charge is -2.03. The molecule has 0 radical (unpaired) electrons. The first-order chi connectivity index (χ1) is 10.7. The van der Waals surface area contributed by atoms with Crippen molar-refractivity contribution in [2.24, 2.45) is 0 Å². The zero-order valence-electron chi connectivity index (χ0n) is 12.2. The molecule has 2 aromatic heterocycles. The van der Waals surface area contributed by atoms with E-state index >= 15 is 0 Å². The van der Waals surface area contributed by atoms with E-state index in [2.05, 4.69) is 15.2 Å². The third-order valence-electron chi connectivity index (χ3n) is 3.17. The van der Waals surface area contributed by atoms with E-state index in [0.717, 1.165) is 16.6 Å². The highest BCUT2D eigenvalue weighted by Gasteiger charge is 2.08. The molecule has 0 saturated heterocycles. The molecule has 112 valence electrons. The number of aromatic nitrogens is 3. The number of fused-ring (bicyclic) bond motifs is 1. The molecule has 0 saturated carbocycles. The van der Waals surface area contributed by atoms with E-state index in [4.69, 9.17) is 9.15 Å². The molecule has 0 atom stereocenters. The van der Waals surface area contributed by atoms with Gasteiger partial charge in [-0.25, -0.2) is 0 Å². The van der Waals surface area contributed by atoms with Crippen molar-refractivity contribution in [3.8, 4) is 0 Å². The Morgan fingerprint density at radius 3 is 2.86 bits per heavy atom. The van der Waals surface area contributed by atoms with E-state index < -0.39 is 0 Å². The first kappa shape index (κ1) is 14.2. The Kier molecular flexibility index (Phi) is 4.09. The standard InChI is InChI=1S/C16H15N3O3/c1-11-18-19-15(22-11)10-21-16(20)9-8-13-7-6-12-4-2-3-5-14(12)17-13/h2-7H,8-10H2,1H3. The van der Waals surface area contributed by atoms with E-state index in [9.17, 15) is 4.79 Å². The van der Waals surface area contributed by atoms with Crippen molar-refractivity contribution in [1.29, 1.82) is 0 Å². The molecule has 0 amide bonds. The molecule has 6 heteroatoms. The van der Waals surface area contributed by atoms with Gasteiger partial charge in [0.15, 0.2) is 6.61 Å². The molecule has 22 heavy (non-hydrogen) atoms. The lowest BCUT2D eigenvalue weighted by molar-refractivity contribution is -0.145. The molecule has 3 rings (SSSR count). The number of carbonyl (C=O) groups is 1. The molecule has 0 aliphatic heterocycles. The number of carbonyl (C=O) groups excluding carboxylic acids is 1. The molecule has 0 aliphatic rings. The van der Waals surface area contributed by atoms with Gasteiger partial charge >= 0.3 is 5.97 Å². The monoisotopic (exact) mass is 297 g/mol. The summed E-state index contributed by atoms with van der Waals surface area (Å²) in [6.45, 7) is 1.69. The first-order valence-electron chi connectivity index (χ1n) is 7.00. The maximum atomic E-state index is 11.7. The predicted octanol–water partition coefficient (Wildman–Crippen LogP) is 2.60. The zero-order chi connectivity index (χ0) is 15.4. The Morgan fingerprint density at radius 1 is 1.18 bits per heavy atom. The summed E-state index contributed by atoms with van der Waals surface area (Å²) in [4.78, 5) is 16.2. The minimum absolute atomic E-state index is 0.00478. The summed E-state index contributed by atoms with van der Waals surface area (Å²) < 4.78 is 10.2. The van der Waals surface area contributed by atoms with Crippen LogP contribution in [0.5, 0.6) is 0 Å². The zero-order valence-corrected chi connectivity index (χ0v) is 12.2. The number of benzene rings is 1. The molecule has 0 N–H and O–H groups in total. The Labute approximate surface area is 127 Å². The molecule has 0 bridgehead atoms. The Balaban J connectivity index is 1.53. The molecule has 0 aliphatic carbocycles. The minimum atomic E-state index is -0.314. The van der Waals surface area contributed by atoms with Crippen molar-refractivity contribution in [3.05, 3.63) is 53.9 Å². The van der Waals surface area contributed by atoms with Crippen LogP contribution in [0.1, 0.15) is 23.9 Å². The van der Waals surface area contributed by atoms with Gasteiger partial charge in [-0.2, -0.15) is 0 Å². The second kappa shape index (κ2) is 6.34. The van der Waals surface area contributed by atoms with Crippen LogP contribution in [0.2, 0.25) is 0 Å². The summed E-state index contributed by atoms with van der Waals surface area (Å²) in [5, 5.41) is 8.52. The summed E-state index contributed by atoms with van der Waals surface area (Å²) in [6.07, 6.45) is 0.797. The Bertz CT molecular complexity index is 798. The normalized spacial score (nSPS) is 10.8. The fraction of sp³-hybridized carbons (Fsp3) is 0.250. The van der Waals surface area contributed by atoms with E-state index in [0.29, 0.717) is 18.2 Å². The summed E-state index contributed by atoms with van der Waals surface area (Å²) in [6, 6.07) is 11.8. The van der Waals surface area contributed by atoms with Gasteiger partial charge in [0.05, 0.1) is 11.9 Å². The van der Waals surface area contributed by atoms with Gasteiger partial charge < -0.3 is 9.15 Å². The molecular weight excluding hydrogens is 282 g/mol. The molecule has 2 heterocycles. The molecule has 0 fully saturated rings. The molecule has 3 aromatic rings. The van der Waals surface area contributed by atoms with E-state index in [-0.39, 0.29) is 19.0 Å². The van der Waals surface area contributed by atoms with Crippen molar-refractivity contribution in [3.63, 3.8) is 0 Å². The van der Waals surface area contributed by atoms with Gasteiger partial charge in [-0.3, -0.25) is 9.78 Å². The van der Waals surface area contributed by atoms with Crippen LogP contribution >= 0.6 is 0 Å². The van der Waals surface area contributed by atoms with Gasteiger partial charge in [-0.05, 0) is 12.1 Å². The highest BCUT2D eigenvalue weighted by Crippen LogP contribution is 2.13. The van der Waals surface area contributed by atoms with Gasteiger partial charge in [0.2, 0.25) is 5.89 Å². The summed E-state index contributed by atoms with van der Waals surface area (Å²) >= 11 is 0. The lowest BCUT2D eigenvalue weighted by atomic mass is 10.1. The van der Waals surface area contributed by atoms with Gasteiger partial charge in [-0.1, -0.05) is 24.3 Å². The summed E-state index contributed by atoms with van der Waals surface area (Å²) in [5.74, 6) is 0.437.